The molecule has 2 unspecified atom stereocenters. The number of hydrogen-bond donors (Lipinski definition) is 1. The first-order chi connectivity index (χ1) is 9.67. The molecular formula is C15H27N3O2. The van der Waals surface area contributed by atoms with Crippen molar-refractivity contribution in [1.29, 1.82) is 0 Å². The van der Waals surface area contributed by atoms with Crippen LogP contribution in [0, 0.1) is 5.92 Å². The molecule has 2 amide bonds. The van der Waals surface area contributed by atoms with Crippen LogP contribution >= 0.6 is 0 Å². The molecule has 0 aromatic heterocycles. The van der Waals surface area contributed by atoms with E-state index in [1.165, 1.54) is 0 Å². The summed E-state index contributed by atoms with van der Waals surface area (Å²) in [6.45, 7) is 4.81. The van der Waals surface area contributed by atoms with Gasteiger partial charge in [-0.25, -0.2) is 0 Å². The summed E-state index contributed by atoms with van der Waals surface area (Å²) < 4.78 is 0. The van der Waals surface area contributed by atoms with Gasteiger partial charge in [-0.05, 0) is 32.1 Å². The highest BCUT2D eigenvalue weighted by molar-refractivity contribution is 5.82. The van der Waals surface area contributed by atoms with Crippen molar-refractivity contribution in [3.63, 3.8) is 0 Å². The third kappa shape index (κ3) is 3.32. The number of hydrogen-bond acceptors (Lipinski definition) is 3. The Kier molecular flexibility index (Phi) is 5.40. The number of carbonyl (C=O) groups is 2. The van der Waals surface area contributed by atoms with Crippen molar-refractivity contribution in [2.24, 2.45) is 11.7 Å². The number of nitrogens with zero attached hydrogens (tertiary/aromatic N) is 2. The van der Waals surface area contributed by atoms with Crippen LogP contribution in [0.5, 0.6) is 0 Å². The van der Waals surface area contributed by atoms with E-state index >= 15 is 0 Å². The van der Waals surface area contributed by atoms with Gasteiger partial charge in [0.15, 0.2) is 0 Å². The predicted molar refractivity (Wildman–Crippen MR) is 78.0 cm³/mol. The van der Waals surface area contributed by atoms with E-state index in [1.54, 1.807) is 0 Å². The van der Waals surface area contributed by atoms with E-state index in [1.807, 2.05) is 16.7 Å². The zero-order valence-corrected chi connectivity index (χ0v) is 12.5. The highest BCUT2D eigenvalue weighted by atomic mass is 16.2. The molecule has 0 aliphatic carbocycles. The van der Waals surface area contributed by atoms with Gasteiger partial charge < -0.3 is 15.5 Å². The molecule has 5 heteroatoms. The SMILES string of the molecule is CCCC(=O)N1CCCC(C(=O)N2CCCC2CN)C1. The maximum absolute atomic E-state index is 12.6. The number of carbonyl (C=O) groups excluding carboxylic acids is 2. The normalized spacial score (nSPS) is 26.9. The molecule has 20 heavy (non-hydrogen) atoms. The molecule has 0 spiro atoms. The van der Waals surface area contributed by atoms with Crippen LogP contribution in [0.4, 0.5) is 0 Å². The third-order valence-corrected chi connectivity index (χ3v) is 4.52. The zero-order chi connectivity index (χ0) is 14.5. The Bertz CT molecular complexity index is 359. The molecule has 2 fully saturated rings. The van der Waals surface area contributed by atoms with E-state index < -0.39 is 0 Å². The van der Waals surface area contributed by atoms with Crippen LogP contribution in [0.3, 0.4) is 0 Å². The maximum Gasteiger partial charge on any atom is 0.227 e. The van der Waals surface area contributed by atoms with Gasteiger partial charge in [-0.1, -0.05) is 6.92 Å². The Labute approximate surface area is 121 Å². The standard InChI is InChI=1S/C15H27N3O2/c1-2-5-14(19)17-8-3-6-12(11-17)15(20)18-9-4-7-13(18)10-16/h12-13H,2-11,16H2,1H3. The van der Waals surface area contributed by atoms with E-state index in [0.717, 1.165) is 45.2 Å². The van der Waals surface area contributed by atoms with Gasteiger partial charge in [0.05, 0.1) is 5.92 Å². The second-order valence-corrected chi connectivity index (χ2v) is 5.99. The van der Waals surface area contributed by atoms with Gasteiger partial charge in [-0.15, -0.1) is 0 Å². The first-order valence-electron chi connectivity index (χ1n) is 7.95. The molecule has 2 rings (SSSR count). The van der Waals surface area contributed by atoms with Gasteiger partial charge in [0, 0.05) is 38.6 Å². The smallest absolute Gasteiger partial charge is 0.227 e. The van der Waals surface area contributed by atoms with Crippen LogP contribution in [-0.2, 0) is 9.59 Å². The van der Waals surface area contributed by atoms with Crippen LogP contribution in [-0.4, -0.2) is 53.8 Å². The van der Waals surface area contributed by atoms with Crippen molar-refractivity contribution in [2.75, 3.05) is 26.2 Å². The predicted octanol–water partition coefficient (Wildman–Crippen LogP) is 0.975. The summed E-state index contributed by atoms with van der Waals surface area (Å²) in [5.74, 6) is 0.394. The van der Waals surface area contributed by atoms with E-state index in [0.29, 0.717) is 19.5 Å². The monoisotopic (exact) mass is 281 g/mol. The number of rotatable bonds is 4. The van der Waals surface area contributed by atoms with E-state index in [4.69, 9.17) is 5.73 Å². The fourth-order valence-corrected chi connectivity index (χ4v) is 3.38. The molecule has 0 bridgehead atoms. The minimum atomic E-state index is -0.0169. The quantitative estimate of drug-likeness (QED) is 0.835. The molecule has 2 aliphatic rings. The fraction of sp³-hybridized carbons (Fsp3) is 0.867. The summed E-state index contributed by atoms with van der Waals surface area (Å²) in [4.78, 5) is 28.5. The molecule has 2 N–H and O–H groups in total. The molecule has 2 atom stereocenters. The molecule has 2 heterocycles. The average molecular weight is 281 g/mol. The van der Waals surface area contributed by atoms with Crippen molar-refractivity contribution in [3.05, 3.63) is 0 Å². The highest BCUT2D eigenvalue weighted by Gasteiger charge is 2.35. The number of amides is 2. The number of likely N-dealkylation sites (tertiary alicyclic amines) is 2. The van der Waals surface area contributed by atoms with Gasteiger partial charge >= 0.3 is 0 Å². The fourth-order valence-electron chi connectivity index (χ4n) is 3.38. The van der Waals surface area contributed by atoms with Crippen LogP contribution in [0.15, 0.2) is 0 Å². The summed E-state index contributed by atoms with van der Waals surface area (Å²) in [6.07, 6.45) is 5.38. The van der Waals surface area contributed by atoms with E-state index in [2.05, 4.69) is 0 Å². The topological polar surface area (TPSA) is 66.6 Å². The summed E-state index contributed by atoms with van der Waals surface area (Å²) >= 11 is 0. The summed E-state index contributed by atoms with van der Waals surface area (Å²) in [7, 11) is 0. The Morgan fingerprint density at radius 2 is 1.95 bits per heavy atom. The lowest BCUT2D eigenvalue weighted by molar-refractivity contribution is -0.141. The first-order valence-corrected chi connectivity index (χ1v) is 7.95. The Balaban J connectivity index is 1.94. The molecule has 0 saturated carbocycles. The first kappa shape index (κ1) is 15.3. The molecule has 2 aliphatic heterocycles. The van der Waals surface area contributed by atoms with Gasteiger partial charge in [-0.2, -0.15) is 0 Å². The summed E-state index contributed by atoms with van der Waals surface area (Å²) in [6, 6.07) is 0.212. The molecule has 0 aromatic carbocycles. The Hall–Kier alpha value is -1.10. The van der Waals surface area contributed by atoms with Crippen molar-refractivity contribution in [2.45, 2.75) is 51.5 Å². The van der Waals surface area contributed by atoms with E-state index in [9.17, 15) is 9.59 Å². The third-order valence-electron chi connectivity index (χ3n) is 4.52. The summed E-state index contributed by atoms with van der Waals surface area (Å²) in [5, 5.41) is 0. The van der Waals surface area contributed by atoms with Gasteiger partial charge in [0.2, 0.25) is 11.8 Å². The largest absolute Gasteiger partial charge is 0.342 e. The van der Waals surface area contributed by atoms with Crippen molar-refractivity contribution in [1.82, 2.24) is 9.80 Å². The van der Waals surface area contributed by atoms with Gasteiger partial charge in [0.25, 0.3) is 0 Å². The lowest BCUT2D eigenvalue weighted by Crippen LogP contribution is -2.49. The van der Waals surface area contributed by atoms with Crippen LogP contribution in [0.25, 0.3) is 0 Å². The van der Waals surface area contributed by atoms with E-state index in [-0.39, 0.29) is 23.8 Å². The molecular weight excluding hydrogens is 254 g/mol. The number of piperidine rings is 1. The van der Waals surface area contributed by atoms with Crippen molar-refractivity contribution < 1.29 is 9.59 Å². The van der Waals surface area contributed by atoms with Gasteiger partial charge in [0.1, 0.15) is 0 Å². The molecule has 0 radical (unpaired) electrons. The maximum atomic E-state index is 12.6. The van der Waals surface area contributed by atoms with Gasteiger partial charge in [-0.3, -0.25) is 9.59 Å². The lowest BCUT2D eigenvalue weighted by atomic mass is 9.95. The Morgan fingerprint density at radius 3 is 2.65 bits per heavy atom. The zero-order valence-electron chi connectivity index (χ0n) is 12.5. The van der Waals surface area contributed by atoms with Crippen LogP contribution in [0.1, 0.15) is 45.4 Å². The van der Waals surface area contributed by atoms with Crippen LogP contribution < -0.4 is 5.73 Å². The molecule has 2 saturated heterocycles. The summed E-state index contributed by atoms with van der Waals surface area (Å²) in [5.41, 5.74) is 5.75. The molecule has 0 aromatic rings. The molecule has 114 valence electrons. The Morgan fingerprint density at radius 1 is 1.20 bits per heavy atom. The van der Waals surface area contributed by atoms with Crippen LogP contribution in [0.2, 0.25) is 0 Å². The second-order valence-electron chi connectivity index (χ2n) is 5.99. The lowest BCUT2D eigenvalue weighted by Gasteiger charge is -2.35. The highest BCUT2D eigenvalue weighted by Crippen LogP contribution is 2.24. The van der Waals surface area contributed by atoms with Crippen molar-refractivity contribution in [3.8, 4) is 0 Å². The minimum Gasteiger partial charge on any atom is -0.342 e. The van der Waals surface area contributed by atoms with Crippen molar-refractivity contribution >= 4 is 11.8 Å². The number of nitrogens with two attached hydrogens (primary N) is 1. The second kappa shape index (κ2) is 7.07. The molecule has 5 nitrogen and oxygen atoms in total. The minimum absolute atomic E-state index is 0.0169. The average Bonchev–Trinajstić information content (AvgIpc) is 2.95.